The van der Waals surface area contributed by atoms with E-state index in [1.54, 1.807) is 12.1 Å². The summed E-state index contributed by atoms with van der Waals surface area (Å²) in [5, 5.41) is 0.674. The normalized spacial score (nSPS) is 10.0. The molecule has 0 aliphatic rings. The van der Waals surface area contributed by atoms with E-state index in [1.807, 2.05) is 12.1 Å². The van der Waals surface area contributed by atoms with Crippen LogP contribution in [0, 0.1) is 0 Å². The molecule has 0 aliphatic heterocycles. The summed E-state index contributed by atoms with van der Waals surface area (Å²) in [4.78, 5) is 11.1. The number of rotatable bonds is 5. The minimum atomic E-state index is -0.213. The van der Waals surface area contributed by atoms with Crippen LogP contribution >= 0.6 is 11.6 Å². The molecule has 4 heteroatoms. The third-order valence-electron chi connectivity index (χ3n) is 1.90. The second-order valence-corrected chi connectivity index (χ2v) is 3.62. The van der Waals surface area contributed by atoms with Crippen molar-refractivity contribution < 1.29 is 9.53 Å². The van der Waals surface area contributed by atoms with Crippen molar-refractivity contribution in [1.82, 2.24) is 0 Å². The molecule has 15 heavy (non-hydrogen) atoms. The van der Waals surface area contributed by atoms with E-state index in [0.29, 0.717) is 31.0 Å². The standard InChI is InChI=1S/C11H14ClNO2/c12-10-5-3-9(4-6-10)8-15-11(14)2-1-7-13/h3-6H,1-2,7-8,13H2. The van der Waals surface area contributed by atoms with Crippen LogP contribution in [-0.4, -0.2) is 12.5 Å². The van der Waals surface area contributed by atoms with Crippen molar-refractivity contribution in [2.24, 2.45) is 5.73 Å². The van der Waals surface area contributed by atoms with Crippen LogP contribution in [0.5, 0.6) is 0 Å². The molecular formula is C11H14ClNO2. The Kier molecular flexibility index (Phi) is 5.15. The third-order valence-corrected chi connectivity index (χ3v) is 2.15. The van der Waals surface area contributed by atoms with E-state index in [-0.39, 0.29) is 5.97 Å². The number of carbonyl (C=O) groups excluding carboxylic acids is 1. The summed E-state index contributed by atoms with van der Waals surface area (Å²) in [5.41, 5.74) is 6.21. The molecule has 0 heterocycles. The summed E-state index contributed by atoms with van der Waals surface area (Å²) in [6, 6.07) is 7.20. The monoisotopic (exact) mass is 227 g/mol. The van der Waals surface area contributed by atoms with Gasteiger partial charge in [0.05, 0.1) is 0 Å². The minimum absolute atomic E-state index is 0.213. The molecule has 2 N–H and O–H groups in total. The van der Waals surface area contributed by atoms with Gasteiger partial charge in [-0.3, -0.25) is 4.79 Å². The quantitative estimate of drug-likeness (QED) is 0.784. The Hall–Kier alpha value is -1.06. The maximum absolute atomic E-state index is 11.1. The number of hydrogen-bond acceptors (Lipinski definition) is 3. The van der Waals surface area contributed by atoms with Gasteiger partial charge < -0.3 is 10.5 Å². The van der Waals surface area contributed by atoms with Gasteiger partial charge in [-0.2, -0.15) is 0 Å². The average Bonchev–Trinajstić information content (AvgIpc) is 2.25. The summed E-state index contributed by atoms with van der Waals surface area (Å²) >= 11 is 5.72. The lowest BCUT2D eigenvalue weighted by Gasteiger charge is -2.04. The average molecular weight is 228 g/mol. The number of halogens is 1. The fourth-order valence-electron chi connectivity index (χ4n) is 1.06. The lowest BCUT2D eigenvalue weighted by molar-refractivity contribution is -0.145. The molecule has 3 nitrogen and oxygen atoms in total. The second-order valence-electron chi connectivity index (χ2n) is 3.18. The molecule has 1 aromatic rings. The molecular weight excluding hydrogens is 214 g/mol. The summed E-state index contributed by atoms with van der Waals surface area (Å²) in [7, 11) is 0. The number of hydrogen-bond donors (Lipinski definition) is 1. The maximum atomic E-state index is 11.1. The molecule has 0 fully saturated rings. The molecule has 0 atom stereocenters. The Morgan fingerprint density at radius 3 is 2.60 bits per heavy atom. The van der Waals surface area contributed by atoms with E-state index < -0.39 is 0 Å². The van der Waals surface area contributed by atoms with E-state index in [2.05, 4.69) is 0 Å². The molecule has 0 aliphatic carbocycles. The van der Waals surface area contributed by atoms with Crippen LogP contribution < -0.4 is 5.73 Å². The smallest absolute Gasteiger partial charge is 0.306 e. The molecule has 0 saturated carbocycles. The molecule has 1 rings (SSSR count). The van der Waals surface area contributed by atoms with Crippen molar-refractivity contribution >= 4 is 17.6 Å². The number of nitrogens with two attached hydrogens (primary N) is 1. The first-order valence-corrected chi connectivity index (χ1v) is 5.20. The zero-order chi connectivity index (χ0) is 11.1. The first-order chi connectivity index (χ1) is 7.22. The van der Waals surface area contributed by atoms with Gasteiger partial charge in [0.2, 0.25) is 0 Å². The third kappa shape index (κ3) is 4.81. The maximum Gasteiger partial charge on any atom is 0.306 e. The zero-order valence-electron chi connectivity index (χ0n) is 8.41. The van der Waals surface area contributed by atoms with Crippen LogP contribution in [0.25, 0.3) is 0 Å². The van der Waals surface area contributed by atoms with Gasteiger partial charge in [-0.05, 0) is 30.7 Å². The van der Waals surface area contributed by atoms with Crippen LogP contribution in [-0.2, 0) is 16.1 Å². The van der Waals surface area contributed by atoms with Crippen molar-refractivity contribution in [3.63, 3.8) is 0 Å². The van der Waals surface area contributed by atoms with E-state index in [4.69, 9.17) is 22.1 Å². The highest BCUT2D eigenvalue weighted by Crippen LogP contribution is 2.10. The van der Waals surface area contributed by atoms with Gasteiger partial charge >= 0.3 is 5.97 Å². The van der Waals surface area contributed by atoms with Crippen molar-refractivity contribution in [2.75, 3.05) is 6.54 Å². The first kappa shape index (κ1) is 12.0. The Bertz CT molecular complexity index is 311. The van der Waals surface area contributed by atoms with Crippen LogP contribution in [0.1, 0.15) is 18.4 Å². The Labute approximate surface area is 94.2 Å². The van der Waals surface area contributed by atoms with Gasteiger partial charge in [0.1, 0.15) is 6.61 Å². The number of benzene rings is 1. The number of carbonyl (C=O) groups is 1. The molecule has 0 bridgehead atoms. The van der Waals surface area contributed by atoms with Crippen LogP contribution in [0.4, 0.5) is 0 Å². The summed E-state index contributed by atoms with van der Waals surface area (Å²) < 4.78 is 5.03. The predicted octanol–water partition coefficient (Wildman–Crippen LogP) is 2.12. The highest BCUT2D eigenvalue weighted by Gasteiger charge is 2.02. The van der Waals surface area contributed by atoms with E-state index in [1.165, 1.54) is 0 Å². The van der Waals surface area contributed by atoms with Crippen LogP contribution in [0.15, 0.2) is 24.3 Å². The van der Waals surface area contributed by atoms with E-state index in [9.17, 15) is 4.79 Å². The van der Waals surface area contributed by atoms with Crippen molar-refractivity contribution in [1.29, 1.82) is 0 Å². The molecule has 0 amide bonds. The van der Waals surface area contributed by atoms with Crippen molar-refractivity contribution in [3.05, 3.63) is 34.9 Å². The Morgan fingerprint density at radius 1 is 1.33 bits per heavy atom. The molecule has 0 aromatic heterocycles. The fraction of sp³-hybridized carbons (Fsp3) is 0.364. The zero-order valence-corrected chi connectivity index (χ0v) is 9.17. The summed E-state index contributed by atoms with van der Waals surface area (Å²) in [6.07, 6.45) is 1.05. The highest BCUT2D eigenvalue weighted by atomic mass is 35.5. The van der Waals surface area contributed by atoms with Crippen LogP contribution in [0.3, 0.4) is 0 Å². The molecule has 1 aromatic carbocycles. The van der Waals surface area contributed by atoms with Gasteiger partial charge in [-0.1, -0.05) is 23.7 Å². The molecule has 82 valence electrons. The van der Waals surface area contributed by atoms with Gasteiger partial charge in [0.25, 0.3) is 0 Å². The number of ether oxygens (including phenoxy) is 1. The SMILES string of the molecule is NCCCC(=O)OCc1ccc(Cl)cc1. The van der Waals surface area contributed by atoms with Crippen molar-refractivity contribution in [2.45, 2.75) is 19.4 Å². The first-order valence-electron chi connectivity index (χ1n) is 4.82. The van der Waals surface area contributed by atoms with Gasteiger partial charge in [0.15, 0.2) is 0 Å². The summed E-state index contributed by atoms with van der Waals surface area (Å²) in [5.74, 6) is -0.213. The van der Waals surface area contributed by atoms with Gasteiger partial charge in [-0.25, -0.2) is 0 Å². The predicted molar refractivity (Wildman–Crippen MR) is 59.5 cm³/mol. The highest BCUT2D eigenvalue weighted by molar-refractivity contribution is 6.30. The minimum Gasteiger partial charge on any atom is -0.461 e. The Balaban J connectivity index is 2.30. The van der Waals surface area contributed by atoms with Gasteiger partial charge in [0, 0.05) is 11.4 Å². The van der Waals surface area contributed by atoms with E-state index in [0.717, 1.165) is 5.56 Å². The fourth-order valence-corrected chi connectivity index (χ4v) is 1.19. The largest absolute Gasteiger partial charge is 0.461 e. The van der Waals surface area contributed by atoms with Crippen molar-refractivity contribution in [3.8, 4) is 0 Å². The molecule has 0 radical (unpaired) electrons. The molecule has 0 spiro atoms. The summed E-state index contributed by atoms with van der Waals surface area (Å²) in [6.45, 7) is 0.802. The van der Waals surface area contributed by atoms with Gasteiger partial charge in [-0.15, -0.1) is 0 Å². The Morgan fingerprint density at radius 2 is 2.00 bits per heavy atom. The molecule has 0 saturated heterocycles. The molecule has 0 unspecified atom stereocenters. The number of esters is 1. The van der Waals surface area contributed by atoms with E-state index >= 15 is 0 Å². The topological polar surface area (TPSA) is 52.3 Å². The van der Waals surface area contributed by atoms with Crippen LogP contribution in [0.2, 0.25) is 5.02 Å². The lowest BCUT2D eigenvalue weighted by Crippen LogP contribution is -2.07. The lowest BCUT2D eigenvalue weighted by atomic mass is 10.2. The second kappa shape index (κ2) is 6.43.